The zero-order valence-electron chi connectivity index (χ0n) is 4.36. The molecule has 0 saturated carbocycles. The lowest BCUT2D eigenvalue weighted by molar-refractivity contribution is -0.107. The molecular formula is C3H3ClO. The number of allylic oxidation sites excluding steroid dienone is 1. The minimum absolute atomic E-state index is 0.485. The van der Waals surface area contributed by atoms with Crippen molar-refractivity contribution in [2.24, 2.45) is 0 Å². The second-order valence-corrected chi connectivity index (χ2v) is 0.761. The molecule has 0 radical (unpaired) electrons. The Morgan fingerprint density at radius 3 is 3.20 bits per heavy atom. The summed E-state index contributed by atoms with van der Waals surface area (Å²) in [6, 6.07) is -0.485. The molecule has 0 aromatic rings. The highest BCUT2D eigenvalue weighted by atomic mass is 35.5. The van der Waals surface area contributed by atoms with E-state index in [1.807, 2.05) is 0 Å². The van der Waals surface area contributed by atoms with Gasteiger partial charge >= 0.3 is 0 Å². The van der Waals surface area contributed by atoms with Gasteiger partial charge in [0, 0.05) is 0 Å². The van der Waals surface area contributed by atoms with E-state index in [1.54, 1.807) is 0 Å². The normalized spacial score (nSPS) is 16.6. The number of hydrogen-bond acceptors (Lipinski definition) is 1. The van der Waals surface area contributed by atoms with E-state index >= 15 is 0 Å². The fourth-order valence-electron chi connectivity index (χ4n) is 0. The summed E-state index contributed by atoms with van der Waals surface area (Å²) >= 11 is 4.71. The molecule has 0 aliphatic heterocycles. The van der Waals surface area contributed by atoms with Crippen molar-refractivity contribution in [3.63, 3.8) is 0 Å². The molecule has 5 heavy (non-hydrogen) atoms. The maximum absolute atomic E-state index is 9.76. The highest BCUT2D eigenvalue weighted by molar-refractivity contribution is 6.66. The third kappa shape index (κ3) is 3.70. The molecule has 0 aliphatic carbocycles. The van der Waals surface area contributed by atoms with E-state index in [-0.39, 0.29) is 0 Å². The number of rotatable bonds is 1. The molecular weight excluding hydrogens is 87.5 g/mol. The van der Waals surface area contributed by atoms with Gasteiger partial charge in [-0.2, -0.15) is 0 Å². The molecule has 2 heteroatoms. The molecule has 0 N–H and O–H groups in total. The van der Waals surface area contributed by atoms with Crippen molar-refractivity contribution >= 4 is 16.8 Å². The first-order valence-corrected chi connectivity index (χ1v) is 1.31. The number of hydrogen-bond donors (Lipinski definition) is 0. The average Bonchev–Trinajstić information content (AvgIpc) is 1.65. The van der Waals surface area contributed by atoms with E-state index < -0.39 is 11.3 Å². The van der Waals surface area contributed by atoms with E-state index in [9.17, 15) is 4.79 Å². The first-order chi connectivity index (χ1) is 3.18. The summed E-state index contributed by atoms with van der Waals surface area (Å²) in [5.41, 5.74) is 0. The van der Waals surface area contributed by atoms with Gasteiger partial charge in [0.1, 0.15) is 0 Å². The van der Waals surface area contributed by atoms with Crippen LogP contribution in [0.1, 0.15) is 2.74 Å². The highest BCUT2D eigenvalue weighted by Crippen LogP contribution is 1.74. The van der Waals surface area contributed by atoms with Crippen molar-refractivity contribution in [2.45, 2.75) is 0 Å². The van der Waals surface area contributed by atoms with Gasteiger partial charge in [-0.25, -0.2) is 0 Å². The first-order valence-electron chi connectivity index (χ1n) is 2.01. The second kappa shape index (κ2) is 1.97. The predicted molar refractivity (Wildman–Crippen MR) is 21.1 cm³/mol. The van der Waals surface area contributed by atoms with Crippen molar-refractivity contribution < 1.29 is 7.54 Å². The van der Waals surface area contributed by atoms with Gasteiger partial charge in [-0.05, 0) is 17.7 Å². The van der Waals surface area contributed by atoms with Crippen molar-refractivity contribution in [2.75, 3.05) is 0 Å². The van der Waals surface area contributed by atoms with E-state index in [0.29, 0.717) is 6.55 Å². The minimum atomic E-state index is -0.894. The molecule has 0 rings (SSSR count). The molecule has 0 spiro atoms. The summed E-state index contributed by atoms with van der Waals surface area (Å²) in [5.74, 6) is 0. The van der Waals surface area contributed by atoms with Gasteiger partial charge in [-0.15, -0.1) is 0 Å². The molecule has 0 aromatic heterocycles. The minimum Gasteiger partial charge on any atom is -0.276 e. The maximum Gasteiger partial charge on any atom is 0.244 e. The van der Waals surface area contributed by atoms with Gasteiger partial charge in [-0.3, -0.25) is 4.79 Å². The van der Waals surface area contributed by atoms with Gasteiger partial charge in [-0.1, -0.05) is 6.55 Å². The fraction of sp³-hybridized carbons (Fsp3) is 0. The van der Waals surface area contributed by atoms with E-state index in [1.165, 1.54) is 0 Å². The molecule has 0 saturated heterocycles. The topological polar surface area (TPSA) is 17.1 Å². The lowest BCUT2D eigenvalue weighted by Crippen LogP contribution is -1.67. The molecule has 0 unspecified atom stereocenters. The summed E-state index contributed by atoms with van der Waals surface area (Å²) < 4.78 is 12.8. The van der Waals surface area contributed by atoms with Crippen LogP contribution in [0.3, 0.4) is 0 Å². The van der Waals surface area contributed by atoms with Crippen LogP contribution in [0.2, 0.25) is 0 Å². The Kier molecular flexibility index (Phi) is 0.780. The molecule has 0 aliphatic rings. The summed E-state index contributed by atoms with van der Waals surface area (Å²) in [6.07, 6.45) is 0. The highest BCUT2D eigenvalue weighted by Gasteiger charge is 1.74. The van der Waals surface area contributed by atoms with Gasteiger partial charge in [0.15, 0.2) is 0 Å². The number of halogens is 1. The third-order valence-electron chi connectivity index (χ3n) is 0.113. The summed E-state index contributed by atoms with van der Waals surface area (Å²) in [5, 5.41) is -0.894. The summed E-state index contributed by atoms with van der Waals surface area (Å²) in [6.45, 7) is 0.593. The first kappa shape index (κ1) is 1.98. The largest absolute Gasteiger partial charge is 0.276 e. The van der Waals surface area contributed by atoms with Crippen molar-refractivity contribution in [3.8, 4) is 0 Å². The lowest BCUT2D eigenvalue weighted by Gasteiger charge is -1.59. The maximum atomic E-state index is 9.76. The predicted octanol–water partition coefficient (Wildman–Crippen LogP) is 0.938. The van der Waals surface area contributed by atoms with Gasteiger partial charge < -0.3 is 0 Å². The molecule has 0 aromatic carbocycles. The van der Waals surface area contributed by atoms with Crippen LogP contribution in [-0.4, -0.2) is 5.24 Å². The average molecular weight is 92.5 g/mol. The van der Waals surface area contributed by atoms with E-state index in [0.717, 1.165) is 0 Å². The van der Waals surface area contributed by atoms with Crippen molar-refractivity contribution in [1.82, 2.24) is 0 Å². The quantitative estimate of drug-likeness (QED) is 0.348. The molecule has 0 amide bonds. The van der Waals surface area contributed by atoms with Crippen LogP contribution in [0.25, 0.3) is 0 Å². The molecule has 28 valence electrons. The molecule has 1 nitrogen and oxygen atoms in total. The molecule has 0 bridgehead atoms. The Morgan fingerprint density at radius 1 is 2.60 bits per heavy atom. The van der Waals surface area contributed by atoms with Crippen LogP contribution in [0, 0.1) is 0 Å². The summed E-state index contributed by atoms with van der Waals surface area (Å²) in [7, 11) is 0. The smallest absolute Gasteiger partial charge is 0.244 e. The Balaban J connectivity index is 3.82. The third-order valence-corrected chi connectivity index (χ3v) is 0.223. The molecule has 0 fully saturated rings. The fourth-order valence-corrected chi connectivity index (χ4v) is 0. The van der Waals surface area contributed by atoms with E-state index in [2.05, 4.69) is 0 Å². The molecule has 0 heterocycles. The second-order valence-electron chi connectivity index (χ2n) is 0.418. The SMILES string of the molecule is [2H]C=C([2H])C(=O)Cl. The monoisotopic (exact) mass is 92.0 g/mol. The Bertz CT molecular complexity index is 110. The summed E-state index contributed by atoms with van der Waals surface area (Å²) in [4.78, 5) is 9.76. The Labute approximate surface area is 38.1 Å². The lowest BCUT2D eigenvalue weighted by atomic mass is 10.7. The Morgan fingerprint density at radius 2 is 3.20 bits per heavy atom. The number of carbonyl (C=O) groups is 1. The van der Waals surface area contributed by atoms with Crippen LogP contribution in [-0.2, 0) is 4.79 Å². The zero-order valence-corrected chi connectivity index (χ0v) is 3.12. The van der Waals surface area contributed by atoms with Gasteiger partial charge in [0.25, 0.3) is 0 Å². The van der Waals surface area contributed by atoms with Crippen LogP contribution in [0.4, 0.5) is 0 Å². The molecule has 0 atom stereocenters. The van der Waals surface area contributed by atoms with Gasteiger partial charge in [0.2, 0.25) is 5.24 Å². The van der Waals surface area contributed by atoms with Crippen LogP contribution in [0.15, 0.2) is 12.6 Å². The Hall–Kier alpha value is -0.300. The van der Waals surface area contributed by atoms with Crippen LogP contribution >= 0.6 is 11.6 Å². The standard InChI is InChI=1S/C3H3ClO/c1-2-3(4)5/h2H,1H2/i1D,2D. The van der Waals surface area contributed by atoms with Crippen LogP contribution < -0.4 is 0 Å². The van der Waals surface area contributed by atoms with E-state index in [4.69, 9.17) is 14.3 Å². The van der Waals surface area contributed by atoms with Crippen LogP contribution in [0.5, 0.6) is 0 Å². The number of carbonyl (C=O) groups excluding carboxylic acids is 1. The zero-order chi connectivity index (χ0) is 5.86. The van der Waals surface area contributed by atoms with Gasteiger partial charge in [0.05, 0.1) is 2.74 Å². The van der Waals surface area contributed by atoms with Crippen molar-refractivity contribution in [1.29, 1.82) is 0 Å². The van der Waals surface area contributed by atoms with Crippen molar-refractivity contribution in [3.05, 3.63) is 12.6 Å².